The molecule has 2 saturated heterocycles. The van der Waals surface area contributed by atoms with Crippen molar-refractivity contribution in [2.45, 2.75) is 32.3 Å². The Bertz CT molecular complexity index is 166. The van der Waals surface area contributed by atoms with E-state index in [9.17, 15) is 0 Å². The fourth-order valence-electron chi connectivity index (χ4n) is 1.96. The summed E-state index contributed by atoms with van der Waals surface area (Å²) in [6, 6.07) is 0. The number of hydrogen-bond donors (Lipinski definition) is 0. The Morgan fingerprint density at radius 3 is 2.79 bits per heavy atom. The standard InChI is InChI=1S/C11H20O3/c1-2-11(8-13-9-11)7-12-6-10-4-3-5-14-10/h10H,2-9H2,1H3. The fourth-order valence-corrected chi connectivity index (χ4v) is 1.96. The highest BCUT2D eigenvalue weighted by Crippen LogP contribution is 2.31. The van der Waals surface area contributed by atoms with Gasteiger partial charge in [-0.2, -0.15) is 0 Å². The van der Waals surface area contributed by atoms with Crippen molar-refractivity contribution in [3.05, 3.63) is 0 Å². The number of rotatable bonds is 5. The van der Waals surface area contributed by atoms with Crippen molar-refractivity contribution >= 4 is 0 Å². The zero-order chi connectivity index (χ0) is 9.86. The summed E-state index contributed by atoms with van der Waals surface area (Å²) in [5, 5.41) is 0. The summed E-state index contributed by atoms with van der Waals surface area (Å²) >= 11 is 0. The largest absolute Gasteiger partial charge is 0.380 e. The van der Waals surface area contributed by atoms with Gasteiger partial charge in [-0.05, 0) is 19.3 Å². The van der Waals surface area contributed by atoms with Crippen molar-refractivity contribution in [3.8, 4) is 0 Å². The maximum Gasteiger partial charge on any atom is 0.0809 e. The predicted octanol–water partition coefficient (Wildman–Crippen LogP) is 1.61. The Kier molecular flexibility index (Phi) is 3.42. The summed E-state index contributed by atoms with van der Waals surface area (Å²) in [6.45, 7) is 6.46. The van der Waals surface area contributed by atoms with Crippen molar-refractivity contribution in [1.29, 1.82) is 0 Å². The quantitative estimate of drug-likeness (QED) is 0.674. The molecule has 0 bridgehead atoms. The van der Waals surface area contributed by atoms with Crippen molar-refractivity contribution in [3.63, 3.8) is 0 Å². The maximum atomic E-state index is 5.71. The third-order valence-electron chi connectivity index (χ3n) is 3.30. The molecule has 0 amide bonds. The molecule has 0 spiro atoms. The van der Waals surface area contributed by atoms with Crippen LogP contribution in [0.2, 0.25) is 0 Å². The van der Waals surface area contributed by atoms with Crippen LogP contribution in [0.1, 0.15) is 26.2 Å². The van der Waals surface area contributed by atoms with Gasteiger partial charge in [-0.15, -0.1) is 0 Å². The van der Waals surface area contributed by atoms with Gasteiger partial charge in [-0.3, -0.25) is 0 Å². The van der Waals surface area contributed by atoms with E-state index in [1.807, 2.05) is 0 Å². The average molecular weight is 200 g/mol. The maximum absolute atomic E-state index is 5.71. The Hall–Kier alpha value is -0.120. The summed E-state index contributed by atoms with van der Waals surface area (Å²) in [5.41, 5.74) is 0.318. The third kappa shape index (κ3) is 2.27. The normalized spacial score (nSPS) is 30.2. The first-order valence-electron chi connectivity index (χ1n) is 5.62. The van der Waals surface area contributed by atoms with Gasteiger partial charge in [0.2, 0.25) is 0 Å². The number of hydrogen-bond acceptors (Lipinski definition) is 3. The highest BCUT2D eigenvalue weighted by atomic mass is 16.5. The fraction of sp³-hybridized carbons (Fsp3) is 1.00. The van der Waals surface area contributed by atoms with E-state index in [1.54, 1.807) is 0 Å². The highest BCUT2D eigenvalue weighted by Gasteiger charge is 2.37. The smallest absolute Gasteiger partial charge is 0.0809 e. The van der Waals surface area contributed by atoms with Crippen LogP contribution >= 0.6 is 0 Å². The Morgan fingerprint density at radius 1 is 1.43 bits per heavy atom. The molecule has 0 radical (unpaired) electrons. The Balaban J connectivity index is 1.61. The molecule has 82 valence electrons. The summed E-state index contributed by atoms with van der Waals surface area (Å²) in [7, 11) is 0. The van der Waals surface area contributed by atoms with Gasteiger partial charge in [0.1, 0.15) is 0 Å². The average Bonchev–Trinajstić information content (AvgIpc) is 2.62. The lowest BCUT2D eigenvalue weighted by atomic mass is 9.84. The minimum absolute atomic E-state index is 0.318. The third-order valence-corrected chi connectivity index (χ3v) is 3.30. The van der Waals surface area contributed by atoms with Gasteiger partial charge in [-0.1, -0.05) is 6.92 Å². The van der Waals surface area contributed by atoms with Crippen LogP contribution in [0.5, 0.6) is 0 Å². The molecule has 0 saturated carbocycles. The molecule has 1 unspecified atom stereocenters. The molecule has 3 nitrogen and oxygen atoms in total. The van der Waals surface area contributed by atoms with Crippen LogP contribution in [-0.2, 0) is 14.2 Å². The SMILES string of the molecule is CCC1(COCC2CCCO2)COC1. The second-order valence-electron chi connectivity index (χ2n) is 4.50. The minimum Gasteiger partial charge on any atom is -0.380 e. The predicted molar refractivity (Wildman–Crippen MR) is 53.3 cm³/mol. The second-order valence-corrected chi connectivity index (χ2v) is 4.50. The van der Waals surface area contributed by atoms with E-state index in [4.69, 9.17) is 14.2 Å². The molecular formula is C11H20O3. The summed E-state index contributed by atoms with van der Waals surface area (Å²) in [6.07, 6.45) is 3.86. The van der Waals surface area contributed by atoms with Gasteiger partial charge in [0.05, 0.1) is 32.5 Å². The molecule has 2 aliphatic heterocycles. The van der Waals surface area contributed by atoms with Gasteiger partial charge in [0.15, 0.2) is 0 Å². The molecular weight excluding hydrogens is 180 g/mol. The van der Waals surface area contributed by atoms with Gasteiger partial charge in [0, 0.05) is 12.0 Å². The van der Waals surface area contributed by atoms with Crippen molar-refractivity contribution in [1.82, 2.24) is 0 Å². The van der Waals surface area contributed by atoms with Crippen LogP contribution in [0.3, 0.4) is 0 Å². The summed E-state index contributed by atoms with van der Waals surface area (Å²) < 4.78 is 16.4. The van der Waals surface area contributed by atoms with Gasteiger partial charge < -0.3 is 14.2 Å². The molecule has 0 aliphatic carbocycles. The minimum atomic E-state index is 0.318. The lowest BCUT2D eigenvalue weighted by molar-refractivity contribution is -0.155. The molecule has 0 N–H and O–H groups in total. The molecule has 2 aliphatic rings. The molecule has 3 heteroatoms. The highest BCUT2D eigenvalue weighted by molar-refractivity contribution is 4.84. The van der Waals surface area contributed by atoms with Crippen LogP contribution in [0.25, 0.3) is 0 Å². The van der Waals surface area contributed by atoms with E-state index in [-0.39, 0.29) is 0 Å². The second kappa shape index (κ2) is 4.60. The van der Waals surface area contributed by atoms with Crippen LogP contribution in [0, 0.1) is 5.41 Å². The zero-order valence-corrected chi connectivity index (χ0v) is 8.96. The molecule has 0 aromatic carbocycles. The van der Waals surface area contributed by atoms with Gasteiger partial charge in [0.25, 0.3) is 0 Å². The molecule has 0 aromatic rings. The lowest BCUT2D eigenvalue weighted by Crippen LogP contribution is -2.46. The van der Waals surface area contributed by atoms with Crippen LogP contribution in [0.4, 0.5) is 0 Å². The zero-order valence-electron chi connectivity index (χ0n) is 8.96. The van der Waals surface area contributed by atoms with E-state index in [0.29, 0.717) is 11.5 Å². The van der Waals surface area contributed by atoms with Gasteiger partial charge in [-0.25, -0.2) is 0 Å². The summed E-state index contributed by atoms with van der Waals surface area (Å²) in [4.78, 5) is 0. The van der Waals surface area contributed by atoms with E-state index in [2.05, 4.69) is 6.92 Å². The Morgan fingerprint density at radius 2 is 2.29 bits per heavy atom. The summed E-state index contributed by atoms with van der Waals surface area (Å²) in [5.74, 6) is 0. The van der Waals surface area contributed by atoms with E-state index >= 15 is 0 Å². The number of ether oxygens (including phenoxy) is 3. The van der Waals surface area contributed by atoms with Crippen molar-refractivity contribution < 1.29 is 14.2 Å². The molecule has 2 heterocycles. The monoisotopic (exact) mass is 200 g/mol. The van der Waals surface area contributed by atoms with Crippen LogP contribution in [-0.4, -0.2) is 39.1 Å². The first kappa shape index (κ1) is 10.4. The molecule has 1 atom stereocenters. The lowest BCUT2D eigenvalue weighted by Gasteiger charge is -2.40. The first-order chi connectivity index (χ1) is 6.85. The first-order valence-corrected chi connectivity index (χ1v) is 5.62. The van der Waals surface area contributed by atoms with Crippen LogP contribution in [0.15, 0.2) is 0 Å². The van der Waals surface area contributed by atoms with Crippen molar-refractivity contribution in [2.24, 2.45) is 5.41 Å². The van der Waals surface area contributed by atoms with Crippen molar-refractivity contribution in [2.75, 3.05) is 33.0 Å². The molecule has 14 heavy (non-hydrogen) atoms. The Labute approximate surface area is 85.7 Å². The molecule has 0 aromatic heterocycles. The molecule has 2 rings (SSSR count). The van der Waals surface area contributed by atoms with E-state index in [0.717, 1.165) is 45.9 Å². The van der Waals surface area contributed by atoms with E-state index < -0.39 is 0 Å². The van der Waals surface area contributed by atoms with E-state index in [1.165, 1.54) is 6.42 Å². The molecule has 2 fully saturated rings. The van der Waals surface area contributed by atoms with Gasteiger partial charge >= 0.3 is 0 Å². The topological polar surface area (TPSA) is 27.7 Å². The van der Waals surface area contributed by atoms with Crippen LogP contribution < -0.4 is 0 Å².